The predicted molar refractivity (Wildman–Crippen MR) is 91.7 cm³/mol. The van der Waals surface area contributed by atoms with Gasteiger partial charge < -0.3 is 0 Å². The van der Waals surface area contributed by atoms with Gasteiger partial charge in [0.25, 0.3) is 0 Å². The summed E-state index contributed by atoms with van der Waals surface area (Å²) in [6, 6.07) is 18.0. The van der Waals surface area contributed by atoms with Crippen LogP contribution < -0.4 is 0 Å². The Morgan fingerprint density at radius 3 is 2.55 bits per heavy atom. The lowest BCUT2D eigenvalue weighted by molar-refractivity contribution is 0.195. The molecule has 0 heteroatoms. The highest BCUT2D eigenvalue weighted by Crippen LogP contribution is 2.57. The van der Waals surface area contributed by atoms with Gasteiger partial charge in [-0.05, 0) is 71.6 Å². The van der Waals surface area contributed by atoms with Gasteiger partial charge in [-0.25, -0.2) is 0 Å². The fourth-order valence-electron chi connectivity index (χ4n) is 5.24. The standard InChI is InChI=1S/C22H22/c1-2-4-17(5-3-1)19-8-7-18-10-11-22(15-20(18)13-19)14-16-6-9-21(22)12-16/h1-9,13,16,21H,10-12,14-15H2. The van der Waals surface area contributed by atoms with E-state index in [9.17, 15) is 0 Å². The molecule has 2 aromatic rings. The van der Waals surface area contributed by atoms with Crippen LogP contribution in [-0.4, -0.2) is 0 Å². The number of fused-ring (bicyclic) bond motifs is 4. The second-order valence-electron chi connectivity index (χ2n) is 7.58. The molecular weight excluding hydrogens is 264 g/mol. The van der Waals surface area contributed by atoms with Crippen molar-refractivity contribution >= 4 is 0 Å². The number of benzene rings is 2. The fraction of sp³-hybridized carbons (Fsp3) is 0.364. The Balaban J connectivity index is 1.53. The number of rotatable bonds is 1. The van der Waals surface area contributed by atoms with E-state index >= 15 is 0 Å². The second-order valence-corrected chi connectivity index (χ2v) is 7.58. The Bertz CT molecular complexity index is 740. The van der Waals surface area contributed by atoms with Gasteiger partial charge in [0.1, 0.15) is 0 Å². The number of aryl methyl sites for hydroxylation is 1. The van der Waals surface area contributed by atoms with E-state index in [-0.39, 0.29) is 0 Å². The van der Waals surface area contributed by atoms with Gasteiger partial charge in [-0.15, -0.1) is 0 Å². The molecule has 3 aliphatic carbocycles. The van der Waals surface area contributed by atoms with E-state index in [0.29, 0.717) is 5.41 Å². The zero-order valence-electron chi connectivity index (χ0n) is 13.0. The van der Waals surface area contributed by atoms with E-state index in [1.807, 2.05) is 0 Å². The largest absolute Gasteiger partial charge is 0.0851 e. The quantitative estimate of drug-likeness (QED) is 0.614. The topological polar surface area (TPSA) is 0 Å². The summed E-state index contributed by atoms with van der Waals surface area (Å²) < 4.78 is 0. The molecule has 0 radical (unpaired) electrons. The van der Waals surface area contributed by atoms with Crippen LogP contribution in [0.15, 0.2) is 60.7 Å². The van der Waals surface area contributed by atoms with Crippen LogP contribution >= 0.6 is 0 Å². The molecule has 3 atom stereocenters. The molecule has 5 rings (SSSR count). The van der Waals surface area contributed by atoms with Crippen LogP contribution in [0.1, 0.15) is 30.4 Å². The lowest BCUT2D eigenvalue weighted by atomic mass is 9.64. The first kappa shape index (κ1) is 12.7. The molecule has 3 unspecified atom stereocenters. The third kappa shape index (κ3) is 1.83. The maximum absolute atomic E-state index is 2.53. The van der Waals surface area contributed by atoms with E-state index in [0.717, 1.165) is 11.8 Å². The molecule has 0 heterocycles. The minimum atomic E-state index is 0.585. The maximum atomic E-state index is 2.53. The summed E-state index contributed by atoms with van der Waals surface area (Å²) in [6.07, 6.45) is 11.8. The molecule has 1 saturated carbocycles. The summed E-state index contributed by atoms with van der Waals surface area (Å²) in [7, 11) is 0. The van der Waals surface area contributed by atoms with Crippen molar-refractivity contribution in [2.45, 2.75) is 32.1 Å². The molecule has 1 spiro atoms. The van der Waals surface area contributed by atoms with Crippen molar-refractivity contribution in [1.82, 2.24) is 0 Å². The summed E-state index contributed by atoms with van der Waals surface area (Å²) in [5, 5.41) is 0. The summed E-state index contributed by atoms with van der Waals surface area (Å²) in [4.78, 5) is 0. The Kier molecular flexibility index (Phi) is 2.65. The summed E-state index contributed by atoms with van der Waals surface area (Å²) >= 11 is 0. The molecule has 2 aromatic carbocycles. The van der Waals surface area contributed by atoms with Crippen LogP contribution in [0, 0.1) is 17.3 Å². The van der Waals surface area contributed by atoms with Crippen LogP contribution in [0.4, 0.5) is 0 Å². The van der Waals surface area contributed by atoms with E-state index in [2.05, 4.69) is 60.7 Å². The van der Waals surface area contributed by atoms with Gasteiger partial charge in [0, 0.05) is 0 Å². The Labute approximate surface area is 132 Å². The Hall–Kier alpha value is -1.82. The van der Waals surface area contributed by atoms with Crippen molar-refractivity contribution < 1.29 is 0 Å². The van der Waals surface area contributed by atoms with Crippen LogP contribution in [0.2, 0.25) is 0 Å². The molecule has 0 aliphatic heterocycles. The predicted octanol–water partition coefficient (Wildman–Crippen LogP) is 5.42. The van der Waals surface area contributed by atoms with Crippen molar-refractivity contribution in [2.75, 3.05) is 0 Å². The maximum Gasteiger partial charge on any atom is -0.0168 e. The number of hydrogen-bond donors (Lipinski definition) is 0. The molecule has 110 valence electrons. The number of allylic oxidation sites excluding steroid dienone is 2. The smallest absolute Gasteiger partial charge is 0.0168 e. The lowest BCUT2D eigenvalue weighted by Crippen LogP contribution is -2.32. The molecule has 3 aliphatic rings. The third-order valence-electron chi connectivity index (χ3n) is 6.38. The minimum absolute atomic E-state index is 0.585. The van der Waals surface area contributed by atoms with Gasteiger partial charge >= 0.3 is 0 Å². The lowest BCUT2D eigenvalue weighted by Gasteiger charge is -2.40. The molecule has 2 bridgehead atoms. The van der Waals surface area contributed by atoms with Gasteiger partial charge in [-0.3, -0.25) is 0 Å². The van der Waals surface area contributed by atoms with E-state index in [1.165, 1.54) is 43.2 Å². The molecule has 0 aromatic heterocycles. The summed E-state index contributed by atoms with van der Waals surface area (Å²) in [5.41, 5.74) is 6.53. The van der Waals surface area contributed by atoms with E-state index < -0.39 is 0 Å². The van der Waals surface area contributed by atoms with Crippen LogP contribution in [0.25, 0.3) is 11.1 Å². The molecule has 0 N–H and O–H groups in total. The average Bonchev–Trinajstić information content (AvgIpc) is 3.16. The number of hydrogen-bond acceptors (Lipinski definition) is 0. The highest BCUT2D eigenvalue weighted by molar-refractivity contribution is 5.65. The van der Waals surface area contributed by atoms with Crippen molar-refractivity contribution in [3.8, 4) is 11.1 Å². The molecule has 0 nitrogen and oxygen atoms in total. The van der Waals surface area contributed by atoms with Crippen LogP contribution in [-0.2, 0) is 12.8 Å². The minimum Gasteiger partial charge on any atom is -0.0851 e. The third-order valence-corrected chi connectivity index (χ3v) is 6.38. The SMILES string of the molecule is C1=CC2CC1CC21CCc2ccc(-c3ccccc3)cc2C1. The second kappa shape index (κ2) is 4.59. The van der Waals surface area contributed by atoms with E-state index in [4.69, 9.17) is 0 Å². The molecule has 0 amide bonds. The van der Waals surface area contributed by atoms with Gasteiger partial charge in [-0.1, -0.05) is 60.7 Å². The Morgan fingerprint density at radius 1 is 0.864 bits per heavy atom. The van der Waals surface area contributed by atoms with Crippen molar-refractivity contribution in [1.29, 1.82) is 0 Å². The van der Waals surface area contributed by atoms with Crippen LogP contribution in [0.5, 0.6) is 0 Å². The van der Waals surface area contributed by atoms with E-state index in [1.54, 1.807) is 11.1 Å². The van der Waals surface area contributed by atoms with Gasteiger partial charge in [0.05, 0.1) is 0 Å². The monoisotopic (exact) mass is 286 g/mol. The molecule has 0 saturated heterocycles. The molecular formula is C22H22. The van der Waals surface area contributed by atoms with Gasteiger partial charge in [0.15, 0.2) is 0 Å². The van der Waals surface area contributed by atoms with Crippen molar-refractivity contribution in [3.05, 3.63) is 71.8 Å². The Morgan fingerprint density at radius 2 is 1.77 bits per heavy atom. The van der Waals surface area contributed by atoms with Crippen LogP contribution in [0.3, 0.4) is 0 Å². The van der Waals surface area contributed by atoms with Crippen molar-refractivity contribution in [3.63, 3.8) is 0 Å². The average molecular weight is 286 g/mol. The molecule has 1 fully saturated rings. The summed E-state index contributed by atoms with van der Waals surface area (Å²) in [6.45, 7) is 0. The van der Waals surface area contributed by atoms with Gasteiger partial charge in [0.2, 0.25) is 0 Å². The fourth-order valence-corrected chi connectivity index (χ4v) is 5.24. The zero-order chi connectivity index (χ0) is 14.6. The summed E-state index contributed by atoms with van der Waals surface area (Å²) in [5.74, 6) is 1.73. The first-order valence-electron chi connectivity index (χ1n) is 8.68. The highest BCUT2D eigenvalue weighted by Gasteiger charge is 2.49. The first-order valence-corrected chi connectivity index (χ1v) is 8.68. The first-order chi connectivity index (χ1) is 10.8. The normalized spacial score (nSPS) is 31.6. The zero-order valence-corrected chi connectivity index (χ0v) is 13.0. The highest BCUT2D eigenvalue weighted by atomic mass is 14.5. The molecule has 22 heavy (non-hydrogen) atoms. The van der Waals surface area contributed by atoms with Crippen molar-refractivity contribution in [2.24, 2.45) is 17.3 Å². The van der Waals surface area contributed by atoms with Gasteiger partial charge in [-0.2, -0.15) is 0 Å².